The van der Waals surface area contributed by atoms with Crippen LogP contribution in [0.4, 0.5) is 0 Å². The Morgan fingerprint density at radius 1 is 1.88 bits per heavy atom. The van der Waals surface area contributed by atoms with Gasteiger partial charge < -0.3 is 4.52 Å². The highest BCUT2D eigenvalue weighted by molar-refractivity contribution is 8.24. The lowest BCUT2D eigenvalue weighted by Crippen LogP contribution is -1.92. The average molecular weight is 171 g/mol. The molecule has 0 amide bonds. The summed E-state index contributed by atoms with van der Waals surface area (Å²) < 4.78 is 5.24. The molecule has 48 valence electrons. The molecule has 0 spiro atoms. The molecule has 2 atom stereocenters. The number of rotatable bonds is 0. The average Bonchev–Trinajstić information content (AvgIpc) is 1.82. The van der Waals surface area contributed by atoms with Crippen LogP contribution in [0.3, 0.4) is 0 Å². The van der Waals surface area contributed by atoms with Gasteiger partial charge in [-0.2, -0.15) is 0 Å². The maximum atomic E-state index is 5.77. The summed E-state index contributed by atoms with van der Waals surface area (Å²) in [7, 11) is 0. The second-order valence-electron chi connectivity index (χ2n) is 2.02. The van der Waals surface area contributed by atoms with Crippen LogP contribution in [-0.2, 0) is 16.3 Å². The lowest BCUT2D eigenvalue weighted by molar-refractivity contribution is 0.277. The molecule has 1 aliphatic heterocycles. The van der Waals surface area contributed by atoms with Crippen LogP contribution in [-0.4, -0.2) is 12.3 Å². The molecular weight excluding hydrogens is 163 g/mol. The van der Waals surface area contributed by atoms with E-state index in [1.54, 1.807) is 0 Å². The lowest BCUT2D eigenvalue weighted by atomic mass is 10.3. The minimum atomic E-state index is -1.79. The zero-order valence-electron chi connectivity index (χ0n) is 4.63. The van der Waals surface area contributed by atoms with Gasteiger partial charge in [0.05, 0.1) is 6.10 Å². The normalized spacial score (nSPS) is 47.5. The Labute approximate surface area is 59.2 Å². The monoisotopic (exact) mass is 170 g/mol. The molecule has 2 unspecified atom stereocenters. The van der Waals surface area contributed by atoms with Gasteiger partial charge in [-0.15, -0.1) is 0 Å². The minimum absolute atomic E-state index is 0.304. The molecule has 1 rings (SSSR count). The van der Waals surface area contributed by atoms with Crippen molar-refractivity contribution in [3.8, 4) is 0 Å². The molecule has 0 saturated carbocycles. The zero-order chi connectivity index (χ0) is 6.20. The maximum Gasteiger partial charge on any atom is 0.151 e. The summed E-state index contributed by atoms with van der Waals surface area (Å²) >= 11 is 10.7. The van der Waals surface area contributed by atoms with Crippen molar-refractivity contribution in [3.05, 3.63) is 0 Å². The van der Waals surface area contributed by atoms with Crippen LogP contribution in [0.5, 0.6) is 0 Å². The van der Waals surface area contributed by atoms with Crippen molar-refractivity contribution in [3.63, 3.8) is 0 Å². The molecule has 1 fully saturated rings. The smallest absolute Gasteiger partial charge is 0.151 e. The fraction of sp³-hybridized carbons (Fsp3) is 1.00. The van der Waals surface area contributed by atoms with E-state index in [9.17, 15) is 0 Å². The Hall–Kier alpha value is 0.900. The lowest BCUT2D eigenvalue weighted by Gasteiger charge is -2.04. The molecular formula is C4H8ClOPS. The van der Waals surface area contributed by atoms with Crippen LogP contribution < -0.4 is 0 Å². The van der Waals surface area contributed by atoms with E-state index < -0.39 is 5.62 Å². The van der Waals surface area contributed by atoms with Crippen LogP contribution in [0.15, 0.2) is 0 Å². The molecule has 8 heavy (non-hydrogen) atoms. The Balaban J connectivity index is 2.57. The first-order valence-electron chi connectivity index (χ1n) is 2.57. The van der Waals surface area contributed by atoms with E-state index in [2.05, 4.69) is 0 Å². The molecule has 4 heteroatoms. The van der Waals surface area contributed by atoms with E-state index >= 15 is 0 Å². The highest BCUT2D eigenvalue weighted by Gasteiger charge is 2.25. The summed E-state index contributed by atoms with van der Waals surface area (Å²) in [5, 5.41) is 0. The first-order chi connectivity index (χ1) is 3.60. The largest absolute Gasteiger partial charge is 0.335 e. The molecule has 0 bridgehead atoms. The zero-order valence-corrected chi connectivity index (χ0v) is 7.10. The van der Waals surface area contributed by atoms with Gasteiger partial charge in [0.25, 0.3) is 0 Å². The van der Waals surface area contributed by atoms with Crippen LogP contribution in [0, 0.1) is 0 Å². The van der Waals surface area contributed by atoms with Crippen LogP contribution in [0.25, 0.3) is 0 Å². The van der Waals surface area contributed by atoms with Crippen molar-refractivity contribution in [2.24, 2.45) is 0 Å². The van der Waals surface area contributed by atoms with Gasteiger partial charge in [-0.05, 0) is 13.3 Å². The van der Waals surface area contributed by atoms with Gasteiger partial charge >= 0.3 is 0 Å². The Bertz CT molecular complexity index is 138. The molecule has 0 aliphatic carbocycles. The summed E-state index contributed by atoms with van der Waals surface area (Å²) in [6.45, 7) is 2.01. The van der Waals surface area contributed by atoms with Crippen molar-refractivity contribution < 1.29 is 4.52 Å². The first kappa shape index (κ1) is 7.01. The third-order valence-electron chi connectivity index (χ3n) is 1.14. The number of halogens is 1. The van der Waals surface area contributed by atoms with E-state index in [0.29, 0.717) is 6.10 Å². The predicted octanol–water partition coefficient (Wildman–Crippen LogP) is 2.34. The highest BCUT2D eigenvalue weighted by atomic mass is 35.7. The Morgan fingerprint density at radius 3 is 2.62 bits per heavy atom. The summed E-state index contributed by atoms with van der Waals surface area (Å²) in [6.07, 6.45) is 2.25. The summed E-state index contributed by atoms with van der Waals surface area (Å²) in [6, 6.07) is 0. The summed E-state index contributed by atoms with van der Waals surface area (Å²) in [4.78, 5) is 0. The van der Waals surface area contributed by atoms with Crippen molar-refractivity contribution in [2.45, 2.75) is 19.4 Å². The van der Waals surface area contributed by atoms with Gasteiger partial charge in [0, 0.05) is 6.16 Å². The van der Waals surface area contributed by atoms with Crippen LogP contribution >= 0.6 is 16.9 Å². The second kappa shape index (κ2) is 2.26. The second-order valence-corrected chi connectivity index (χ2v) is 7.87. The van der Waals surface area contributed by atoms with E-state index in [4.69, 9.17) is 27.6 Å². The Morgan fingerprint density at radius 2 is 2.50 bits per heavy atom. The van der Waals surface area contributed by atoms with Gasteiger partial charge in [0.1, 0.15) is 0 Å². The van der Waals surface area contributed by atoms with Crippen molar-refractivity contribution in [2.75, 3.05) is 6.16 Å². The fourth-order valence-corrected chi connectivity index (χ4v) is 3.59. The van der Waals surface area contributed by atoms with E-state index in [-0.39, 0.29) is 0 Å². The first-order valence-corrected chi connectivity index (χ1v) is 6.38. The van der Waals surface area contributed by atoms with E-state index in [1.165, 1.54) is 0 Å². The molecule has 1 heterocycles. The Kier molecular flexibility index (Phi) is 1.98. The van der Waals surface area contributed by atoms with E-state index in [0.717, 1.165) is 12.6 Å². The van der Waals surface area contributed by atoms with Gasteiger partial charge in [0.2, 0.25) is 0 Å². The SMILES string of the molecule is CC1CCP(=S)(Cl)O1. The van der Waals surface area contributed by atoms with Crippen molar-refractivity contribution in [1.82, 2.24) is 0 Å². The number of hydrogen-bond acceptors (Lipinski definition) is 2. The van der Waals surface area contributed by atoms with Gasteiger partial charge in [-0.25, -0.2) is 0 Å². The van der Waals surface area contributed by atoms with Crippen LogP contribution in [0.1, 0.15) is 13.3 Å². The third kappa shape index (κ3) is 1.70. The topological polar surface area (TPSA) is 9.23 Å². The van der Waals surface area contributed by atoms with Gasteiger partial charge in [-0.3, -0.25) is 0 Å². The number of hydrogen-bond donors (Lipinski definition) is 0. The molecule has 0 N–H and O–H groups in total. The predicted molar refractivity (Wildman–Crippen MR) is 40.2 cm³/mol. The van der Waals surface area contributed by atoms with Crippen LogP contribution in [0.2, 0.25) is 0 Å². The highest BCUT2D eigenvalue weighted by Crippen LogP contribution is 2.58. The van der Waals surface area contributed by atoms with Crippen molar-refractivity contribution in [1.29, 1.82) is 0 Å². The minimum Gasteiger partial charge on any atom is -0.335 e. The van der Waals surface area contributed by atoms with Crippen molar-refractivity contribution >= 4 is 28.7 Å². The molecule has 0 aromatic carbocycles. The standard InChI is InChI=1S/C4H8ClOPS/c1-4-2-3-7(5,8)6-4/h4H,2-3H2,1H3. The van der Waals surface area contributed by atoms with Gasteiger partial charge in [-0.1, -0.05) is 23.0 Å². The molecule has 1 aliphatic rings. The van der Waals surface area contributed by atoms with Gasteiger partial charge in [0.15, 0.2) is 5.62 Å². The fourth-order valence-electron chi connectivity index (χ4n) is 0.710. The quantitative estimate of drug-likeness (QED) is 0.516. The summed E-state index contributed by atoms with van der Waals surface area (Å²) in [5.41, 5.74) is -1.79. The molecule has 0 aromatic rings. The molecule has 1 saturated heterocycles. The van der Waals surface area contributed by atoms with E-state index in [1.807, 2.05) is 6.92 Å². The molecule has 1 nitrogen and oxygen atoms in total. The summed E-state index contributed by atoms with van der Waals surface area (Å²) in [5.74, 6) is 0. The third-order valence-corrected chi connectivity index (χ3v) is 4.16. The molecule has 0 aromatic heterocycles. The maximum absolute atomic E-state index is 5.77. The molecule has 0 radical (unpaired) electrons.